The van der Waals surface area contributed by atoms with Gasteiger partial charge in [0.15, 0.2) is 0 Å². The van der Waals surface area contributed by atoms with Crippen LogP contribution in [-0.4, -0.2) is 50.7 Å². The standard InChI is InChI=1S/C18H28N6O/c1-13-20-14(2)24(22-13)10-15-5-4-8-23(9-15)11-17(25)21-18(3,12-19)16-6-7-16/h15-16H,4-11H2,1-3H3,(H,21,25)/t15-,18-/m1/s1. The Balaban J connectivity index is 1.52. The van der Waals surface area contributed by atoms with Crippen molar-refractivity contribution in [2.75, 3.05) is 19.6 Å². The zero-order valence-corrected chi connectivity index (χ0v) is 15.5. The van der Waals surface area contributed by atoms with Crippen LogP contribution in [0.5, 0.6) is 0 Å². The van der Waals surface area contributed by atoms with Gasteiger partial charge >= 0.3 is 0 Å². The first-order valence-electron chi connectivity index (χ1n) is 9.22. The van der Waals surface area contributed by atoms with Crippen molar-refractivity contribution >= 4 is 5.91 Å². The van der Waals surface area contributed by atoms with E-state index >= 15 is 0 Å². The molecule has 2 heterocycles. The summed E-state index contributed by atoms with van der Waals surface area (Å²) in [7, 11) is 0. The predicted octanol–water partition coefficient (Wildman–Crippen LogP) is 1.42. The molecule has 7 heteroatoms. The number of aryl methyl sites for hydroxylation is 2. The van der Waals surface area contributed by atoms with Gasteiger partial charge in [-0.2, -0.15) is 10.4 Å². The summed E-state index contributed by atoms with van der Waals surface area (Å²) in [6.45, 7) is 8.78. The van der Waals surface area contributed by atoms with E-state index in [1.807, 2.05) is 25.5 Å². The van der Waals surface area contributed by atoms with E-state index < -0.39 is 5.54 Å². The Kier molecular flexibility index (Phi) is 5.09. The Hall–Kier alpha value is -1.94. The number of nitrogens with one attached hydrogen (secondary N) is 1. The van der Waals surface area contributed by atoms with Gasteiger partial charge in [-0.3, -0.25) is 9.69 Å². The number of piperidine rings is 1. The molecule has 2 fully saturated rings. The summed E-state index contributed by atoms with van der Waals surface area (Å²) in [5.41, 5.74) is -0.707. The van der Waals surface area contributed by atoms with Crippen LogP contribution in [-0.2, 0) is 11.3 Å². The lowest BCUT2D eigenvalue weighted by Gasteiger charge is -2.33. The maximum Gasteiger partial charge on any atom is 0.235 e. The highest BCUT2D eigenvalue weighted by Crippen LogP contribution is 2.39. The first-order chi connectivity index (χ1) is 11.9. The van der Waals surface area contributed by atoms with Gasteiger partial charge in [0.2, 0.25) is 5.91 Å². The Morgan fingerprint density at radius 2 is 2.16 bits per heavy atom. The molecule has 1 aromatic rings. The van der Waals surface area contributed by atoms with Gasteiger partial charge in [0.25, 0.3) is 0 Å². The molecule has 2 atom stereocenters. The minimum Gasteiger partial charge on any atom is -0.337 e. The van der Waals surface area contributed by atoms with Crippen LogP contribution >= 0.6 is 0 Å². The van der Waals surface area contributed by atoms with E-state index in [0.29, 0.717) is 18.4 Å². The molecule has 0 bridgehead atoms. The number of hydrogen-bond donors (Lipinski definition) is 1. The smallest absolute Gasteiger partial charge is 0.235 e. The van der Waals surface area contributed by atoms with Crippen LogP contribution in [0, 0.1) is 37.0 Å². The number of rotatable bonds is 6. The molecule has 0 aromatic carbocycles. The summed E-state index contributed by atoms with van der Waals surface area (Å²) >= 11 is 0. The van der Waals surface area contributed by atoms with Crippen molar-refractivity contribution in [3.05, 3.63) is 11.6 Å². The summed E-state index contributed by atoms with van der Waals surface area (Å²) in [6, 6.07) is 2.29. The van der Waals surface area contributed by atoms with Crippen molar-refractivity contribution < 1.29 is 4.79 Å². The fourth-order valence-electron chi connectivity index (χ4n) is 3.84. The van der Waals surface area contributed by atoms with Crippen LogP contribution in [0.15, 0.2) is 0 Å². The highest BCUT2D eigenvalue weighted by molar-refractivity contribution is 5.79. The number of nitrogens with zero attached hydrogens (tertiary/aromatic N) is 5. The van der Waals surface area contributed by atoms with Crippen molar-refractivity contribution in [1.29, 1.82) is 5.26 Å². The number of carbonyl (C=O) groups excluding carboxylic acids is 1. The molecule has 1 saturated carbocycles. The van der Waals surface area contributed by atoms with Crippen LogP contribution in [0.1, 0.15) is 44.3 Å². The molecule has 1 aliphatic carbocycles. The fourth-order valence-corrected chi connectivity index (χ4v) is 3.84. The molecule has 0 unspecified atom stereocenters. The summed E-state index contributed by atoms with van der Waals surface area (Å²) in [5.74, 6) is 2.51. The predicted molar refractivity (Wildman–Crippen MR) is 93.5 cm³/mol. The van der Waals surface area contributed by atoms with E-state index in [0.717, 1.165) is 57.0 Å². The van der Waals surface area contributed by atoms with E-state index in [9.17, 15) is 10.1 Å². The van der Waals surface area contributed by atoms with Crippen molar-refractivity contribution in [1.82, 2.24) is 25.0 Å². The second kappa shape index (κ2) is 7.12. The molecule has 0 radical (unpaired) electrons. The molecule has 25 heavy (non-hydrogen) atoms. The lowest BCUT2D eigenvalue weighted by Crippen LogP contribution is -2.51. The average molecular weight is 344 g/mol. The molecule has 1 amide bonds. The van der Waals surface area contributed by atoms with E-state index in [1.165, 1.54) is 0 Å². The summed E-state index contributed by atoms with van der Waals surface area (Å²) in [4.78, 5) is 19.0. The third-order valence-corrected chi connectivity index (χ3v) is 5.39. The first-order valence-corrected chi connectivity index (χ1v) is 9.22. The molecule has 1 N–H and O–H groups in total. The van der Waals surface area contributed by atoms with E-state index in [4.69, 9.17) is 0 Å². The van der Waals surface area contributed by atoms with Crippen LogP contribution in [0.25, 0.3) is 0 Å². The number of carbonyl (C=O) groups is 1. The molecule has 1 aliphatic heterocycles. The largest absolute Gasteiger partial charge is 0.337 e. The molecule has 0 spiro atoms. The zero-order chi connectivity index (χ0) is 18.0. The minimum atomic E-state index is -0.707. The van der Waals surface area contributed by atoms with Crippen molar-refractivity contribution in [3.8, 4) is 6.07 Å². The number of aromatic nitrogens is 3. The van der Waals surface area contributed by atoms with Crippen molar-refractivity contribution in [2.45, 2.75) is 58.5 Å². The molecule has 2 aliphatic rings. The normalized spacial score (nSPS) is 23.7. The van der Waals surface area contributed by atoms with Crippen molar-refractivity contribution in [3.63, 3.8) is 0 Å². The Morgan fingerprint density at radius 1 is 1.40 bits per heavy atom. The molecule has 1 aromatic heterocycles. The Labute approximate surface area is 149 Å². The van der Waals surface area contributed by atoms with Gasteiger partial charge in [0.05, 0.1) is 12.6 Å². The Bertz CT molecular complexity index is 674. The average Bonchev–Trinajstić information content (AvgIpc) is 3.35. The second-order valence-electron chi connectivity index (χ2n) is 7.77. The lowest BCUT2D eigenvalue weighted by molar-refractivity contribution is -0.124. The van der Waals surface area contributed by atoms with Gasteiger partial charge in [-0.05, 0) is 64.8 Å². The lowest BCUT2D eigenvalue weighted by atomic mass is 9.97. The number of amides is 1. The molecule has 3 rings (SSSR count). The number of hydrogen-bond acceptors (Lipinski definition) is 5. The monoisotopic (exact) mass is 344 g/mol. The highest BCUT2D eigenvalue weighted by Gasteiger charge is 2.43. The maximum absolute atomic E-state index is 12.4. The third kappa shape index (κ3) is 4.37. The summed E-state index contributed by atoms with van der Waals surface area (Å²) < 4.78 is 1.98. The molecule has 1 saturated heterocycles. The molecule has 7 nitrogen and oxygen atoms in total. The number of likely N-dealkylation sites (tertiary alicyclic amines) is 1. The summed E-state index contributed by atoms with van der Waals surface area (Å²) in [6.07, 6.45) is 4.30. The van der Waals surface area contributed by atoms with Gasteiger partial charge < -0.3 is 5.32 Å². The number of nitriles is 1. The van der Waals surface area contributed by atoms with E-state index in [-0.39, 0.29) is 5.91 Å². The van der Waals surface area contributed by atoms with Crippen LogP contribution < -0.4 is 5.32 Å². The summed E-state index contributed by atoms with van der Waals surface area (Å²) in [5, 5.41) is 16.8. The van der Waals surface area contributed by atoms with Gasteiger partial charge in [-0.1, -0.05) is 0 Å². The van der Waals surface area contributed by atoms with Crippen molar-refractivity contribution in [2.24, 2.45) is 11.8 Å². The third-order valence-electron chi connectivity index (χ3n) is 5.39. The quantitative estimate of drug-likeness (QED) is 0.843. The van der Waals surface area contributed by atoms with E-state index in [2.05, 4.69) is 26.4 Å². The minimum absolute atomic E-state index is 0.0376. The fraction of sp³-hybridized carbons (Fsp3) is 0.778. The van der Waals surface area contributed by atoms with Gasteiger partial charge in [-0.25, -0.2) is 9.67 Å². The van der Waals surface area contributed by atoms with Gasteiger partial charge in [0, 0.05) is 13.1 Å². The first kappa shape index (κ1) is 17.9. The van der Waals surface area contributed by atoms with Crippen LogP contribution in [0.3, 0.4) is 0 Å². The SMILES string of the molecule is Cc1nc(C)n(C[C@@H]2CCCN(CC(=O)N[C@](C)(C#N)C3CC3)C2)n1. The molecular formula is C18H28N6O. The molecular weight excluding hydrogens is 316 g/mol. The Morgan fingerprint density at radius 3 is 2.76 bits per heavy atom. The second-order valence-corrected chi connectivity index (χ2v) is 7.77. The maximum atomic E-state index is 12.4. The zero-order valence-electron chi connectivity index (χ0n) is 15.5. The highest BCUT2D eigenvalue weighted by atomic mass is 16.2. The van der Waals surface area contributed by atoms with Gasteiger partial charge in [0.1, 0.15) is 17.2 Å². The molecule has 136 valence electrons. The van der Waals surface area contributed by atoms with E-state index in [1.54, 1.807) is 0 Å². The topological polar surface area (TPSA) is 86.8 Å². The van der Waals surface area contributed by atoms with Crippen LogP contribution in [0.4, 0.5) is 0 Å². The van der Waals surface area contributed by atoms with Crippen LogP contribution in [0.2, 0.25) is 0 Å². The van der Waals surface area contributed by atoms with Gasteiger partial charge in [-0.15, -0.1) is 0 Å².